The predicted octanol–water partition coefficient (Wildman–Crippen LogP) is 18.6. The van der Waals surface area contributed by atoms with Gasteiger partial charge in [-0.2, -0.15) is 0 Å². The largest absolute Gasteiger partial charge is 0.756 e. The van der Waals surface area contributed by atoms with Crippen LogP contribution in [0.5, 0.6) is 0 Å². The molecule has 0 aliphatic rings. The van der Waals surface area contributed by atoms with Crippen molar-refractivity contribution in [2.75, 3.05) is 47.5 Å². The molecule has 0 saturated heterocycles. The van der Waals surface area contributed by atoms with Gasteiger partial charge in [0.1, 0.15) is 19.8 Å². The molecule has 0 radical (unpaired) electrons. The number of carbonyl (C=O) groups is 2. The SMILES string of the molecule is CC/C=C\C/C=C\C/C=C\C/C=C\C/C=C\C/C=C\C/C=C\C/C=C\CCCCCCCCCCCCC(=O)OC(COC(=O)CCCCC/C=C\C/C=C\C/C=C\C/C=C\C/C=C\CC)COP(=O)([O-])OCC[N+](C)(C)C. The fourth-order valence-electron chi connectivity index (χ4n) is 7.46. The second-order valence-electron chi connectivity index (χ2n) is 20.6. The highest BCUT2D eigenvalue weighted by molar-refractivity contribution is 7.45. The highest BCUT2D eigenvalue weighted by Gasteiger charge is 2.21. The Kier molecular flexibility index (Phi) is 54.1. The summed E-state index contributed by atoms with van der Waals surface area (Å²) >= 11 is 0. The number of carbonyl (C=O) groups excluding carboxylic acids is 2. The fourth-order valence-corrected chi connectivity index (χ4v) is 8.19. The summed E-state index contributed by atoms with van der Waals surface area (Å²) in [6.45, 7) is 3.94. The summed E-state index contributed by atoms with van der Waals surface area (Å²) in [7, 11) is 1.12. The van der Waals surface area contributed by atoms with Crippen molar-refractivity contribution in [1.29, 1.82) is 0 Å². The van der Waals surface area contributed by atoms with Crippen LogP contribution in [0.2, 0.25) is 0 Å². The van der Waals surface area contributed by atoms with Crippen LogP contribution >= 0.6 is 7.82 Å². The van der Waals surface area contributed by atoms with Crippen molar-refractivity contribution in [3.63, 3.8) is 0 Å². The van der Waals surface area contributed by atoms with E-state index >= 15 is 0 Å². The van der Waals surface area contributed by atoms with Crippen molar-refractivity contribution >= 4 is 19.8 Å². The number of hydrogen-bond acceptors (Lipinski definition) is 8. The Labute approximate surface area is 477 Å². The van der Waals surface area contributed by atoms with Gasteiger partial charge in [0.25, 0.3) is 7.82 Å². The molecule has 0 N–H and O–H groups in total. The van der Waals surface area contributed by atoms with Gasteiger partial charge in [0, 0.05) is 12.8 Å². The molecule has 0 saturated carbocycles. The molecule has 0 spiro atoms. The summed E-state index contributed by atoms with van der Waals surface area (Å²) in [6.07, 6.45) is 85.8. The number of nitrogens with zero attached hydrogens (tertiary/aromatic N) is 1. The molecular formula is C68H110NO8P. The molecule has 9 nitrogen and oxygen atoms in total. The number of ether oxygens (including phenoxy) is 2. The molecule has 0 bridgehead atoms. The first-order valence-corrected chi connectivity index (χ1v) is 31.7. The quantitative estimate of drug-likeness (QED) is 0.0195. The van der Waals surface area contributed by atoms with Crippen LogP contribution in [0.15, 0.2) is 158 Å². The molecular weight excluding hydrogens is 990 g/mol. The van der Waals surface area contributed by atoms with E-state index in [2.05, 4.69) is 172 Å². The number of quaternary nitrogens is 1. The van der Waals surface area contributed by atoms with Gasteiger partial charge in [-0.05, 0) is 122 Å². The number of unbranched alkanes of at least 4 members (excludes halogenated alkanes) is 13. The Morgan fingerprint density at radius 3 is 1.04 bits per heavy atom. The van der Waals surface area contributed by atoms with Crippen molar-refractivity contribution in [2.24, 2.45) is 0 Å². The van der Waals surface area contributed by atoms with E-state index in [9.17, 15) is 19.0 Å². The van der Waals surface area contributed by atoms with E-state index < -0.39 is 32.5 Å². The summed E-state index contributed by atoms with van der Waals surface area (Å²) in [4.78, 5) is 37.9. The number of rotatable bonds is 53. The minimum Gasteiger partial charge on any atom is -0.756 e. The smallest absolute Gasteiger partial charge is 0.306 e. The normalized spacial score (nSPS) is 14.4. The second-order valence-corrected chi connectivity index (χ2v) is 22.0. The van der Waals surface area contributed by atoms with Crippen LogP contribution in [0, 0.1) is 0 Å². The number of hydrogen-bond donors (Lipinski definition) is 0. The van der Waals surface area contributed by atoms with Crippen molar-refractivity contribution in [3.8, 4) is 0 Å². The summed E-state index contributed by atoms with van der Waals surface area (Å²) in [5, 5.41) is 0. The van der Waals surface area contributed by atoms with Gasteiger partial charge in [0.2, 0.25) is 0 Å². The number of allylic oxidation sites excluding steroid dienone is 26. The predicted molar refractivity (Wildman–Crippen MR) is 332 cm³/mol. The highest BCUT2D eigenvalue weighted by atomic mass is 31.2. The van der Waals surface area contributed by atoms with Crippen molar-refractivity contribution < 1.29 is 42.1 Å². The Bertz CT molecular complexity index is 1870. The molecule has 78 heavy (non-hydrogen) atoms. The Morgan fingerprint density at radius 2 is 0.692 bits per heavy atom. The molecule has 0 aromatic carbocycles. The van der Waals surface area contributed by atoms with E-state index in [0.29, 0.717) is 23.9 Å². The molecule has 0 aromatic heterocycles. The lowest BCUT2D eigenvalue weighted by atomic mass is 10.0. The lowest BCUT2D eigenvalue weighted by Crippen LogP contribution is -2.37. The fraction of sp³-hybridized carbons (Fsp3) is 0.588. The zero-order valence-electron chi connectivity index (χ0n) is 49.8. The monoisotopic (exact) mass is 1100 g/mol. The Morgan fingerprint density at radius 1 is 0.397 bits per heavy atom. The lowest BCUT2D eigenvalue weighted by molar-refractivity contribution is -0.870. The molecule has 0 aliphatic carbocycles. The zero-order chi connectivity index (χ0) is 57.0. The molecule has 0 rings (SSSR count). The maximum absolute atomic E-state index is 12.8. The third-order valence-corrected chi connectivity index (χ3v) is 13.0. The van der Waals surface area contributed by atoms with Gasteiger partial charge >= 0.3 is 11.9 Å². The Balaban J connectivity index is 4.21. The lowest BCUT2D eigenvalue weighted by Gasteiger charge is -2.28. The molecule has 2 unspecified atom stereocenters. The minimum atomic E-state index is -4.66. The van der Waals surface area contributed by atoms with Crippen molar-refractivity contribution in [3.05, 3.63) is 158 Å². The second kappa shape index (κ2) is 57.3. The summed E-state index contributed by atoms with van der Waals surface area (Å²) < 4.78 is 34.1. The van der Waals surface area contributed by atoms with Crippen molar-refractivity contribution in [2.45, 2.75) is 213 Å². The van der Waals surface area contributed by atoms with E-state index in [-0.39, 0.29) is 26.1 Å². The third kappa shape index (κ3) is 60.9. The molecule has 0 amide bonds. The van der Waals surface area contributed by atoms with Gasteiger partial charge in [0.15, 0.2) is 6.10 Å². The number of phosphoric acid groups is 1. The number of phosphoric ester groups is 1. The number of likely N-dealkylation sites (N-methyl/N-ethyl adjacent to an activating group) is 1. The van der Waals surface area contributed by atoms with Crippen LogP contribution in [-0.2, 0) is 32.7 Å². The van der Waals surface area contributed by atoms with Crippen LogP contribution in [0.25, 0.3) is 0 Å². The minimum absolute atomic E-state index is 0.0462. The first-order valence-electron chi connectivity index (χ1n) is 30.2. The molecule has 0 heterocycles. The molecule has 0 aromatic rings. The standard InChI is InChI=1S/C68H110NO8P/c1-6-8-10-12-14-16-18-20-22-24-26-27-28-29-30-31-32-33-34-35-36-37-38-39-40-41-43-45-47-49-51-53-55-57-59-61-68(71)77-66(65-76-78(72,73)75-63-62-69(3,4)5)64-74-67(70)60-58-56-54-52-50-48-46-44-42-25-23-21-19-17-15-13-11-9-7-2/h8-11,14-17,20-23,26-27,29-30,32-33,35-36,38-39,42,44,48,50,66H,6-7,12-13,18-19,24-25,28,31,34,37,40-41,43,45-47,49,51-65H2,1-5H3/b10-8-,11-9-,16-14-,17-15-,22-20-,23-21-,27-26-,30-29-,33-32-,36-35-,39-38-,44-42-,50-48-. The molecule has 2 atom stereocenters. The molecule has 440 valence electrons. The maximum Gasteiger partial charge on any atom is 0.306 e. The topological polar surface area (TPSA) is 111 Å². The Hall–Kier alpha value is -4.37. The van der Waals surface area contributed by atoms with E-state index in [1.165, 1.54) is 38.5 Å². The average molecular weight is 1100 g/mol. The first kappa shape index (κ1) is 73.6. The average Bonchev–Trinajstić information content (AvgIpc) is 3.41. The van der Waals surface area contributed by atoms with E-state index in [4.69, 9.17) is 18.5 Å². The van der Waals surface area contributed by atoms with Crippen LogP contribution in [0.1, 0.15) is 206 Å². The summed E-state index contributed by atoms with van der Waals surface area (Å²) in [6, 6.07) is 0. The van der Waals surface area contributed by atoms with Crippen LogP contribution < -0.4 is 4.89 Å². The van der Waals surface area contributed by atoms with Gasteiger partial charge in [-0.3, -0.25) is 14.2 Å². The van der Waals surface area contributed by atoms with E-state index in [1.54, 1.807) is 0 Å². The van der Waals surface area contributed by atoms with Gasteiger partial charge in [-0.1, -0.05) is 230 Å². The molecule has 10 heteroatoms. The van der Waals surface area contributed by atoms with Crippen LogP contribution in [0.3, 0.4) is 0 Å². The van der Waals surface area contributed by atoms with Gasteiger partial charge in [-0.15, -0.1) is 0 Å². The van der Waals surface area contributed by atoms with Gasteiger partial charge in [-0.25, -0.2) is 0 Å². The van der Waals surface area contributed by atoms with Crippen LogP contribution in [0.4, 0.5) is 0 Å². The molecule has 0 fully saturated rings. The number of esters is 2. The summed E-state index contributed by atoms with van der Waals surface area (Å²) in [5.41, 5.74) is 0. The summed E-state index contributed by atoms with van der Waals surface area (Å²) in [5.74, 6) is -0.889. The van der Waals surface area contributed by atoms with Gasteiger partial charge in [0.05, 0.1) is 27.7 Å². The highest BCUT2D eigenvalue weighted by Crippen LogP contribution is 2.38. The van der Waals surface area contributed by atoms with E-state index in [1.807, 2.05) is 21.1 Å². The first-order chi connectivity index (χ1) is 38.0. The van der Waals surface area contributed by atoms with E-state index in [0.717, 1.165) is 128 Å². The molecule has 0 aliphatic heterocycles. The maximum atomic E-state index is 12.8. The van der Waals surface area contributed by atoms with Crippen molar-refractivity contribution in [1.82, 2.24) is 0 Å². The third-order valence-electron chi connectivity index (χ3n) is 12.0. The van der Waals surface area contributed by atoms with Crippen LogP contribution in [-0.4, -0.2) is 70.0 Å². The van der Waals surface area contributed by atoms with Gasteiger partial charge < -0.3 is 27.9 Å². The zero-order valence-corrected chi connectivity index (χ0v) is 50.7.